The van der Waals surface area contributed by atoms with Crippen LogP contribution in [0, 0.1) is 0 Å². The summed E-state index contributed by atoms with van der Waals surface area (Å²) in [5, 5.41) is 13.3. The largest absolute Gasteiger partial charge is 0.547 e. The highest BCUT2D eigenvalue weighted by Gasteiger charge is 2.37. The van der Waals surface area contributed by atoms with Gasteiger partial charge in [0, 0.05) is 31.7 Å². The van der Waals surface area contributed by atoms with E-state index in [4.69, 9.17) is 10.4 Å². The number of rotatable bonds is 5. The van der Waals surface area contributed by atoms with Gasteiger partial charge in [0.25, 0.3) is 5.91 Å². The second-order valence-electron chi connectivity index (χ2n) is 7.63. The number of nitrogens with zero attached hydrogens (tertiary/aromatic N) is 1. The predicted octanol–water partition coefficient (Wildman–Crippen LogP) is 0.917. The third kappa shape index (κ3) is 3.91. The molecule has 2 aromatic rings. The van der Waals surface area contributed by atoms with Gasteiger partial charge in [0.15, 0.2) is 5.78 Å². The minimum Gasteiger partial charge on any atom is -0.534 e. The van der Waals surface area contributed by atoms with Crippen molar-refractivity contribution in [2.24, 2.45) is 5.73 Å². The van der Waals surface area contributed by atoms with E-state index in [1.807, 2.05) is 18.2 Å². The van der Waals surface area contributed by atoms with E-state index in [2.05, 4.69) is 10.2 Å². The summed E-state index contributed by atoms with van der Waals surface area (Å²) in [7, 11) is -1.22. The average molecular weight is 393 g/mol. The van der Waals surface area contributed by atoms with Gasteiger partial charge >= 0.3 is 7.12 Å². The van der Waals surface area contributed by atoms with Gasteiger partial charge in [0.1, 0.15) is 5.75 Å². The van der Waals surface area contributed by atoms with Crippen molar-refractivity contribution in [3.05, 3.63) is 64.2 Å². The normalized spacial score (nSPS) is 18.0. The van der Waals surface area contributed by atoms with Gasteiger partial charge in [0.2, 0.25) is 0 Å². The summed E-state index contributed by atoms with van der Waals surface area (Å²) in [6, 6.07) is 11.0. The maximum Gasteiger partial charge on any atom is 0.547 e. The van der Waals surface area contributed by atoms with Gasteiger partial charge in [-0.25, -0.2) is 0 Å². The molecule has 0 radical (unpaired) electrons. The Hall–Kier alpha value is -2.68. The Morgan fingerprint density at radius 3 is 2.79 bits per heavy atom. The summed E-state index contributed by atoms with van der Waals surface area (Å²) < 4.78 is 5.59. The summed E-state index contributed by atoms with van der Waals surface area (Å²) >= 11 is 0. The Kier molecular flexibility index (Phi) is 5.40. The van der Waals surface area contributed by atoms with Crippen LogP contribution in [0.2, 0.25) is 0 Å². The number of amides is 1. The van der Waals surface area contributed by atoms with Gasteiger partial charge in [-0.15, -0.1) is 0 Å². The monoisotopic (exact) mass is 393 g/mol. The molecule has 2 aliphatic rings. The number of hydrogen-bond donors (Lipinski definition) is 3. The first-order valence-electron chi connectivity index (χ1n) is 9.79. The quantitative estimate of drug-likeness (QED) is 0.516. The van der Waals surface area contributed by atoms with Gasteiger partial charge in [-0.05, 0) is 48.2 Å². The van der Waals surface area contributed by atoms with E-state index >= 15 is 0 Å². The molecule has 0 aliphatic carbocycles. The lowest BCUT2D eigenvalue weighted by Gasteiger charge is -2.29. The van der Waals surface area contributed by atoms with Gasteiger partial charge in [-0.3, -0.25) is 14.5 Å². The minimum atomic E-state index is -1.22. The molecule has 0 fully saturated rings. The first kappa shape index (κ1) is 19.6. The fraction of sp³-hybridized carbons (Fsp3) is 0.333. The zero-order valence-electron chi connectivity index (χ0n) is 16.4. The van der Waals surface area contributed by atoms with E-state index in [1.54, 1.807) is 18.2 Å². The van der Waals surface area contributed by atoms with Crippen LogP contribution in [0.3, 0.4) is 0 Å². The summed E-state index contributed by atoms with van der Waals surface area (Å²) in [4.78, 5) is 26.8. The molecule has 2 aliphatic heterocycles. The number of ketones is 1. The highest BCUT2D eigenvalue weighted by atomic mass is 16.5. The molecule has 2 heterocycles. The molecule has 4 rings (SSSR count). The first-order valence-corrected chi connectivity index (χ1v) is 9.79. The lowest BCUT2D eigenvalue weighted by atomic mass is 9.72. The number of benzene rings is 2. The van der Waals surface area contributed by atoms with Crippen molar-refractivity contribution in [2.75, 3.05) is 13.1 Å². The number of nitrogens with two attached hydrogens (primary N) is 1. The number of carbonyl (C=O) groups excluding carboxylic acids is 2. The van der Waals surface area contributed by atoms with Crippen LogP contribution in [0.25, 0.3) is 0 Å². The maximum atomic E-state index is 12.8. The summed E-state index contributed by atoms with van der Waals surface area (Å²) in [6.45, 7) is 4.52. The summed E-state index contributed by atoms with van der Waals surface area (Å²) in [6.07, 6.45) is 0.387. The molecule has 29 heavy (non-hydrogen) atoms. The number of nitrogens with one attached hydrogen (secondary N) is 1. The third-order valence-electron chi connectivity index (χ3n) is 5.52. The molecule has 1 atom stereocenters. The van der Waals surface area contributed by atoms with E-state index in [-0.39, 0.29) is 11.7 Å². The zero-order valence-corrected chi connectivity index (χ0v) is 16.4. The second kappa shape index (κ2) is 7.98. The number of carbonyl (C=O) groups is 2. The Morgan fingerprint density at radius 1 is 1.24 bits per heavy atom. The van der Waals surface area contributed by atoms with Crippen LogP contribution in [0.4, 0.5) is 0 Å². The summed E-state index contributed by atoms with van der Waals surface area (Å²) in [5.41, 5.74) is 9.75. The van der Waals surface area contributed by atoms with Crippen LogP contribution in [0.15, 0.2) is 36.4 Å². The van der Waals surface area contributed by atoms with Gasteiger partial charge < -0.3 is 20.7 Å². The number of fused-ring (bicyclic) bond motifs is 2. The topological polar surface area (TPSA) is 105 Å². The molecular formula is C21H24BN3O4. The highest BCUT2D eigenvalue weighted by Crippen LogP contribution is 2.30. The van der Waals surface area contributed by atoms with Gasteiger partial charge in [-0.2, -0.15) is 0 Å². The van der Waals surface area contributed by atoms with E-state index in [0.717, 1.165) is 30.8 Å². The van der Waals surface area contributed by atoms with Gasteiger partial charge in [0.05, 0.1) is 11.5 Å². The molecule has 0 aromatic heterocycles. The first-order chi connectivity index (χ1) is 14.0. The Labute approximate surface area is 170 Å². The Balaban J connectivity index is 1.48. The molecule has 0 saturated carbocycles. The lowest BCUT2D eigenvalue weighted by molar-refractivity contribution is 0.0938. The molecule has 0 saturated heterocycles. The molecule has 8 heteroatoms. The molecule has 1 amide bonds. The fourth-order valence-electron chi connectivity index (χ4n) is 4.02. The summed E-state index contributed by atoms with van der Waals surface area (Å²) in [5.74, 6) is -0.586. The van der Waals surface area contributed by atoms with E-state index in [1.165, 1.54) is 12.5 Å². The predicted molar refractivity (Wildman–Crippen MR) is 110 cm³/mol. The van der Waals surface area contributed by atoms with Crippen LogP contribution in [0.1, 0.15) is 44.3 Å². The van der Waals surface area contributed by atoms with E-state index in [9.17, 15) is 14.6 Å². The molecule has 0 spiro atoms. The zero-order chi connectivity index (χ0) is 20.5. The van der Waals surface area contributed by atoms with Crippen LogP contribution in [-0.2, 0) is 19.5 Å². The van der Waals surface area contributed by atoms with Crippen LogP contribution < -0.4 is 15.7 Å². The molecular weight excluding hydrogens is 369 g/mol. The Bertz CT molecular complexity index is 965. The standard InChI is InChI=1S/C21H24BN3O4/c1-13(26)18-4-2-3-14-10-19(22(28)29-20(14)18)24-21(27)15-5-6-16-11-25(8-7-23)12-17(16)9-15/h2-6,9,19,28H,7-8,10-12,23H2,1H3,(H,24,27)/t19-/m0/s1. The highest BCUT2D eigenvalue weighted by molar-refractivity contribution is 6.47. The smallest absolute Gasteiger partial charge is 0.534 e. The Morgan fingerprint density at radius 2 is 2.03 bits per heavy atom. The number of Topliss-reactive ketones (excluding diaryl/α,β-unsaturated/α-hetero) is 1. The fourth-order valence-corrected chi connectivity index (χ4v) is 4.02. The SMILES string of the molecule is CC(=O)c1cccc2c1OB(O)[C@@H](NC(=O)c1ccc3c(c1)CN(CCN)C3)C2. The van der Waals surface area contributed by atoms with Crippen molar-refractivity contribution in [1.82, 2.24) is 10.2 Å². The lowest BCUT2D eigenvalue weighted by Crippen LogP contribution is -2.53. The number of hydrogen-bond acceptors (Lipinski definition) is 6. The van der Waals surface area contributed by atoms with Crippen molar-refractivity contribution in [2.45, 2.75) is 32.4 Å². The van der Waals surface area contributed by atoms with Crippen molar-refractivity contribution in [3.8, 4) is 5.75 Å². The molecule has 0 unspecified atom stereocenters. The third-order valence-corrected chi connectivity index (χ3v) is 5.52. The van der Waals surface area contributed by atoms with Crippen molar-refractivity contribution >= 4 is 18.8 Å². The number of para-hydroxylation sites is 1. The van der Waals surface area contributed by atoms with Gasteiger partial charge in [-0.1, -0.05) is 18.2 Å². The van der Waals surface area contributed by atoms with Crippen LogP contribution in [-0.4, -0.2) is 47.8 Å². The van der Waals surface area contributed by atoms with E-state index < -0.39 is 13.1 Å². The molecule has 4 N–H and O–H groups in total. The second-order valence-corrected chi connectivity index (χ2v) is 7.63. The van der Waals surface area contributed by atoms with Crippen molar-refractivity contribution in [3.63, 3.8) is 0 Å². The van der Waals surface area contributed by atoms with Crippen molar-refractivity contribution in [1.29, 1.82) is 0 Å². The molecule has 2 aromatic carbocycles. The molecule has 150 valence electrons. The minimum absolute atomic E-state index is 0.127. The van der Waals surface area contributed by atoms with Crippen LogP contribution in [0.5, 0.6) is 5.75 Å². The van der Waals surface area contributed by atoms with Crippen molar-refractivity contribution < 1.29 is 19.3 Å². The molecule has 0 bridgehead atoms. The molecule has 7 nitrogen and oxygen atoms in total. The van der Waals surface area contributed by atoms with E-state index in [0.29, 0.717) is 29.8 Å². The maximum absolute atomic E-state index is 12.8. The average Bonchev–Trinajstić information content (AvgIpc) is 3.09. The van der Waals surface area contributed by atoms with Crippen LogP contribution >= 0.6 is 0 Å².